The van der Waals surface area contributed by atoms with Crippen LogP contribution in [0.1, 0.15) is 36.8 Å². The molecule has 8 heteroatoms. The monoisotopic (exact) mass is 492 g/mol. The van der Waals surface area contributed by atoms with Gasteiger partial charge in [-0.05, 0) is 68.5 Å². The molecule has 1 atom stereocenters. The van der Waals surface area contributed by atoms with Crippen LogP contribution in [0.5, 0.6) is 0 Å². The number of aryl methyl sites for hydroxylation is 1. The Morgan fingerprint density at radius 2 is 1.77 bits per heavy atom. The molecule has 0 saturated carbocycles. The van der Waals surface area contributed by atoms with Gasteiger partial charge in [-0.2, -0.15) is 4.31 Å². The van der Waals surface area contributed by atoms with Crippen molar-refractivity contribution in [2.24, 2.45) is 5.92 Å². The van der Waals surface area contributed by atoms with E-state index in [1.165, 1.54) is 5.56 Å². The van der Waals surface area contributed by atoms with Gasteiger partial charge < -0.3 is 10.2 Å². The molecule has 3 heterocycles. The lowest BCUT2D eigenvalue weighted by atomic mass is 9.97. The van der Waals surface area contributed by atoms with Crippen molar-refractivity contribution in [1.29, 1.82) is 0 Å². The molecular weight excluding hydrogens is 460 g/mol. The number of nitrogens with one attached hydrogen (secondary N) is 1. The van der Waals surface area contributed by atoms with Crippen LogP contribution in [-0.4, -0.2) is 49.8 Å². The molecule has 7 nitrogen and oxygen atoms in total. The van der Waals surface area contributed by atoms with E-state index in [0.29, 0.717) is 31.1 Å². The van der Waals surface area contributed by atoms with Crippen molar-refractivity contribution in [1.82, 2.24) is 14.6 Å². The van der Waals surface area contributed by atoms with Crippen molar-refractivity contribution in [3.05, 3.63) is 65.7 Å². The maximum absolute atomic E-state index is 12.9. The summed E-state index contributed by atoms with van der Waals surface area (Å²) in [6.45, 7) is 5.24. The highest BCUT2D eigenvalue weighted by molar-refractivity contribution is 7.89. The third kappa shape index (κ3) is 5.18. The largest absolute Gasteiger partial charge is 0.356 e. The minimum Gasteiger partial charge on any atom is -0.356 e. The van der Waals surface area contributed by atoms with E-state index in [9.17, 15) is 13.2 Å². The van der Waals surface area contributed by atoms with E-state index >= 15 is 0 Å². The first-order valence-electron chi connectivity index (χ1n) is 12.4. The van der Waals surface area contributed by atoms with Crippen molar-refractivity contribution >= 4 is 32.7 Å². The minimum atomic E-state index is -3.45. The topological polar surface area (TPSA) is 82.6 Å². The van der Waals surface area contributed by atoms with Crippen LogP contribution in [0, 0.1) is 12.8 Å². The number of hydrogen-bond acceptors (Lipinski definition) is 5. The number of benzene rings is 2. The average molecular weight is 493 g/mol. The van der Waals surface area contributed by atoms with Crippen LogP contribution >= 0.6 is 0 Å². The van der Waals surface area contributed by atoms with Gasteiger partial charge in [-0.3, -0.25) is 4.79 Å². The summed E-state index contributed by atoms with van der Waals surface area (Å²) >= 11 is 0. The van der Waals surface area contributed by atoms with Gasteiger partial charge in [0.2, 0.25) is 15.9 Å². The summed E-state index contributed by atoms with van der Waals surface area (Å²) in [4.78, 5) is 20.1. The molecule has 35 heavy (non-hydrogen) atoms. The molecule has 2 saturated heterocycles. The van der Waals surface area contributed by atoms with E-state index < -0.39 is 10.0 Å². The Bertz CT molecular complexity index is 1320. The van der Waals surface area contributed by atoms with E-state index in [0.717, 1.165) is 54.5 Å². The van der Waals surface area contributed by atoms with E-state index in [1.54, 1.807) is 22.5 Å². The average Bonchev–Trinajstić information content (AvgIpc) is 3.44. The van der Waals surface area contributed by atoms with Gasteiger partial charge >= 0.3 is 0 Å². The minimum absolute atomic E-state index is 0.0767. The van der Waals surface area contributed by atoms with E-state index in [2.05, 4.69) is 29.3 Å². The Morgan fingerprint density at radius 1 is 1.00 bits per heavy atom. The Morgan fingerprint density at radius 3 is 2.54 bits per heavy atom. The zero-order chi connectivity index (χ0) is 24.4. The van der Waals surface area contributed by atoms with Crippen molar-refractivity contribution in [3.63, 3.8) is 0 Å². The standard InChI is InChI=1S/C27H32N4O3S/c1-20-6-8-21(9-7-20)18-28-27(32)23-5-4-14-30(19-23)26-13-10-22-17-24(11-12-25(22)29-26)35(33,34)31-15-2-3-16-31/h6-13,17,23H,2-5,14-16,18-19H2,1H3,(H,28,32)/t23-/m1/s1. The summed E-state index contributed by atoms with van der Waals surface area (Å²) in [6.07, 6.45) is 3.62. The van der Waals surface area contributed by atoms with Gasteiger partial charge in [0, 0.05) is 38.1 Å². The number of rotatable bonds is 6. The quantitative estimate of drug-likeness (QED) is 0.565. The number of hydrogen-bond donors (Lipinski definition) is 1. The maximum atomic E-state index is 12.9. The van der Waals surface area contributed by atoms with Gasteiger partial charge in [-0.1, -0.05) is 29.8 Å². The number of piperidine rings is 1. The molecule has 2 aliphatic rings. The Kier molecular flexibility index (Phi) is 6.75. The van der Waals surface area contributed by atoms with E-state index in [-0.39, 0.29) is 11.8 Å². The third-order valence-electron chi connectivity index (χ3n) is 7.05. The Labute approximate surface area is 207 Å². The number of amides is 1. The zero-order valence-electron chi connectivity index (χ0n) is 20.1. The summed E-state index contributed by atoms with van der Waals surface area (Å²) in [5, 5.41) is 3.89. The van der Waals surface area contributed by atoms with Crippen LogP contribution < -0.4 is 10.2 Å². The molecule has 2 fully saturated rings. The number of nitrogens with zero attached hydrogens (tertiary/aromatic N) is 3. The van der Waals surface area contributed by atoms with Gasteiger partial charge in [0.1, 0.15) is 5.82 Å². The summed E-state index contributed by atoms with van der Waals surface area (Å²) in [6, 6.07) is 17.2. The predicted molar refractivity (Wildman–Crippen MR) is 138 cm³/mol. The maximum Gasteiger partial charge on any atom is 0.243 e. The molecule has 1 amide bonds. The molecule has 0 spiro atoms. The number of aromatic nitrogens is 1. The molecule has 0 unspecified atom stereocenters. The number of carbonyl (C=O) groups excluding carboxylic acids is 1. The second kappa shape index (κ2) is 9.95. The van der Waals surface area contributed by atoms with E-state index in [4.69, 9.17) is 4.98 Å². The van der Waals surface area contributed by atoms with Gasteiger partial charge in [-0.25, -0.2) is 13.4 Å². The van der Waals surface area contributed by atoms with Crippen LogP contribution in [0.15, 0.2) is 59.5 Å². The van der Waals surface area contributed by atoms with Crippen LogP contribution in [0.3, 0.4) is 0 Å². The molecule has 0 bridgehead atoms. The lowest BCUT2D eigenvalue weighted by molar-refractivity contribution is -0.125. The zero-order valence-corrected chi connectivity index (χ0v) is 20.9. The van der Waals surface area contributed by atoms with Crippen molar-refractivity contribution < 1.29 is 13.2 Å². The first kappa shape index (κ1) is 23.8. The second-order valence-electron chi connectivity index (χ2n) is 9.62. The van der Waals surface area contributed by atoms with Crippen molar-refractivity contribution in [2.45, 2.75) is 44.0 Å². The molecular formula is C27H32N4O3S. The lowest BCUT2D eigenvalue weighted by Gasteiger charge is -2.33. The van der Waals surface area contributed by atoms with Crippen molar-refractivity contribution in [3.8, 4) is 0 Å². The fourth-order valence-corrected chi connectivity index (χ4v) is 6.50. The number of sulfonamides is 1. The highest BCUT2D eigenvalue weighted by Gasteiger charge is 2.28. The molecule has 1 N–H and O–H groups in total. The molecule has 2 aromatic carbocycles. The highest BCUT2D eigenvalue weighted by atomic mass is 32.2. The fraction of sp³-hybridized carbons (Fsp3) is 0.407. The van der Waals surface area contributed by atoms with Crippen molar-refractivity contribution in [2.75, 3.05) is 31.1 Å². The molecule has 0 radical (unpaired) electrons. The SMILES string of the molecule is Cc1ccc(CNC(=O)[C@@H]2CCCN(c3ccc4cc(S(=O)(=O)N5CCCC5)ccc4n3)C2)cc1. The molecule has 5 rings (SSSR count). The highest BCUT2D eigenvalue weighted by Crippen LogP contribution is 2.27. The third-order valence-corrected chi connectivity index (χ3v) is 8.95. The first-order chi connectivity index (χ1) is 16.9. The van der Waals surface area contributed by atoms with Gasteiger partial charge in [-0.15, -0.1) is 0 Å². The summed E-state index contributed by atoms with van der Waals surface area (Å²) < 4.78 is 27.4. The summed E-state index contributed by atoms with van der Waals surface area (Å²) in [5.74, 6) is 0.816. The van der Waals surface area contributed by atoms with Crippen LogP contribution in [0.25, 0.3) is 10.9 Å². The van der Waals surface area contributed by atoms with Gasteiger partial charge in [0.25, 0.3) is 0 Å². The van der Waals surface area contributed by atoms with Crippen LogP contribution in [-0.2, 0) is 21.4 Å². The lowest BCUT2D eigenvalue weighted by Crippen LogP contribution is -2.43. The summed E-state index contributed by atoms with van der Waals surface area (Å²) in [7, 11) is -3.45. The summed E-state index contributed by atoms with van der Waals surface area (Å²) in [5.41, 5.74) is 3.06. The number of anilines is 1. The number of carbonyl (C=O) groups is 1. The molecule has 184 valence electrons. The normalized spacial score (nSPS) is 19.2. The van der Waals surface area contributed by atoms with Gasteiger partial charge in [0.05, 0.1) is 16.3 Å². The first-order valence-corrected chi connectivity index (χ1v) is 13.8. The van der Waals surface area contributed by atoms with Crippen LogP contribution in [0.2, 0.25) is 0 Å². The smallest absolute Gasteiger partial charge is 0.243 e. The second-order valence-corrected chi connectivity index (χ2v) is 11.6. The fourth-order valence-electron chi connectivity index (χ4n) is 4.95. The van der Waals surface area contributed by atoms with Gasteiger partial charge in [0.15, 0.2) is 0 Å². The van der Waals surface area contributed by atoms with Crippen LogP contribution in [0.4, 0.5) is 5.82 Å². The Balaban J connectivity index is 1.27. The van der Waals surface area contributed by atoms with E-state index in [1.807, 2.05) is 24.3 Å². The number of fused-ring (bicyclic) bond motifs is 1. The molecule has 3 aromatic rings. The molecule has 1 aromatic heterocycles. The predicted octanol–water partition coefficient (Wildman–Crippen LogP) is 3.86. The Hall–Kier alpha value is -2.97. The molecule has 0 aliphatic carbocycles. The molecule has 2 aliphatic heterocycles. The number of pyridine rings is 1.